The number of rotatable bonds is 3. The van der Waals surface area contributed by atoms with Crippen molar-refractivity contribution >= 4 is 0 Å². The monoisotopic (exact) mass is 354 g/mol. The Morgan fingerprint density at radius 2 is 1.67 bits per heavy atom. The van der Waals surface area contributed by atoms with Crippen LogP contribution in [0.15, 0.2) is 0 Å². The van der Waals surface area contributed by atoms with E-state index in [9.17, 15) is 0 Å². The van der Waals surface area contributed by atoms with Gasteiger partial charge in [-0.05, 0) is 12.8 Å². The molecule has 1 saturated heterocycles. The van der Waals surface area contributed by atoms with Crippen molar-refractivity contribution in [3.63, 3.8) is 0 Å². The first-order valence-electron chi connectivity index (χ1n) is 5.46. The minimum atomic E-state index is 0. The third-order valence-electron chi connectivity index (χ3n) is 2.05. The summed E-state index contributed by atoms with van der Waals surface area (Å²) in [6.45, 7) is 5.04. The van der Waals surface area contributed by atoms with Crippen molar-refractivity contribution in [3.8, 4) is 6.07 Å². The van der Waals surface area contributed by atoms with E-state index in [0.717, 1.165) is 24.8 Å². The van der Waals surface area contributed by atoms with E-state index in [-0.39, 0.29) is 37.2 Å². The Bertz CT molecular complexity index is 192. The van der Waals surface area contributed by atoms with E-state index in [1.165, 1.54) is 0 Å². The zero-order valence-electron chi connectivity index (χ0n) is 10.7. The van der Waals surface area contributed by atoms with E-state index >= 15 is 0 Å². The fourth-order valence-electron chi connectivity index (χ4n) is 1.32. The summed E-state index contributed by atoms with van der Waals surface area (Å²) in [7, 11) is 0. The largest absolute Gasteiger partial charge is 1.00 e. The van der Waals surface area contributed by atoms with Crippen molar-refractivity contribution in [1.29, 1.82) is 5.26 Å². The van der Waals surface area contributed by atoms with Crippen LogP contribution in [0.25, 0.3) is 0 Å². The molecule has 0 saturated carbocycles. The summed E-state index contributed by atoms with van der Waals surface area (Å²) in [4.78, 5) is 0. The smallest absolute Gasteiger partial charge is 1.00 e. The van der Waals surface area contributed by atoms with E-state index in [1.807, 2.05) is 0 Å². The molecule has 0 aromatic heterocycles. The molecule has 1 aliphatic heterocycles. The molecule has 0 aromatic carbocycles. The molecule has 1 fully saturated rings. The van der Waals surface area contributed by atoms with Crippen LogP contribution in [-0.4, -0.2) is 19.0 Å². The molecule has 0 bridgehead atoms. The standard InChI is InChI=1S/C8H16N4.C2H5.3ClH.Cr/c1-2-7-10-6-11-8(12-7)4-3-5-9;1-2;;;;/h7-8,10-12H,2-4,6H2,1H3;1H2,2H3;3*1H;/q;;;;;+3/p-3. The predicted molar refractivity (Wildman–Crippen MR) is 57.5 cm³/mol. The number of nitrogens with one attached hydrogen (secondary N) is 3. The van der Waals surface area contributed by atoms with Crippen LogP contribution in [0, 0.1) is 11.3 Å². The second-order valence-electron chi connectivity index (χ2n) is 3.25. The number of hydrogen-bond donors (Lipinski definition) is 3. The topological polar surface area (TPSA) is 59.9 Å². The Balaban J connectivity index is -0.000000149. The Morgan fingerprint density at radius 3 is 2.11 bits per heavy atom. The first-order chi connectivity index (χ1) is 7.28. The third kappa shape index (κ3) is 14.8. The quantitative estimate of drug-likeness (QED) is 0.471. The van der Waals surface area contributed by atoms with Gasteiger partial charge in [0, 0.05) is 13.1 Å². The van der Waals surface area contributed by atoms with Gasteiger partial charge in [-0.3, -0.25) is 16.0 Å². The Hall–Kier alpha value is 0.772. The van der Waals surface area contributed by atoms with Crippen LogP contribution in [-0.2, 0) is 16.3 Å². The molecule has 8 heteroatoms. The van der Waals surface area contributed by atoms with Crippen molar-refractivity contribution in [2.45, 2.75) is 50.7 Å². The average molecular weight is 356 g/mol. The molecule has 0 spiro atoms. The number of hydrogen-bond acceptors (Lipinski definition) is 4. The van der Waals surface area contributed by atoms with Gasteiger partial charge >= 0.3 is 28.5 Å². The SMILES string of the molecule is CCC1NCNC(CCC#N)N1.C[CH2][Cr+3].[Cl-].[Cl-].[Cl-]. The normalized spacial score (nSPS) is 20.7. The van der Waals surface area contributed by atoms with Gasteiger partial charge in [0.1, 0.15) is 0 Å². The summed E-state index contributed by atoms with van der Waals surface area (Å²) in [5.41, 5.74) is 0. The molecule has 3 N–H and O–H groups in total. The summed E-state index contributed by atoms with van der Waals surface area (Å²) >= 11 is 2.81. The molecule has 0 aliphatic carbocycles. The van der Waals surface area contributed by atoms with Gasteiger partial charge in [0.25, 0.3) is 0 Å². The molecule has 1 rings (SSSR count). The van der Waals surface area contributed by atoms with Crippen molar-refractivity contribution in [3.05, 3.63) is 0 Å². The molecule has 108 valence electrons. The van der Waals surface area contributed by atoms with E-state index in [4.69, 9.17) is 5.26 Å². The van der Waals surface area contributed by atoms with Crippen LogP contribution in [0.1, 0.15) is 33.1 Å². The van der Waals surface area contributed by atoms with Crippen molar-refractivity contribution in [1.82, 2.24) is 16.0 Å². The zero-order valence-corrected chi connectivity index (χ0v) is 14.2. The third-order valence-corrected chi connectivity index (χ3v) is 2.05. The summed E-state index contributed by atoms with van der Waals surface area (Å²) < 4.78 is 0. The summed E-state index contributed by atoms with van der Waals surface area (Å²) in [5, 5.41) is 19.4. The van der Waals surface area contributed by atoms with Crippen LogP contribution in [0.5, 0.6) is 0 Å². The molecule has 4 nitrogen and oxygen atoms in total. The molecule has 2 unspecified atom stereocenters. The van der Waals surface area contributed by atoms with Gasteiger partial charge in [-0.2, -0.15) is 5.26 Å². The number of nitriles is 1. The fourth-order valence-corrected chi connectivity index (χ4v) is 1.32. The van der Waals surface area contributed by atoms with E-state index in [1.54, 1.807) is 0 Å². The molecular formula is C10H21Cl3CrN4. The Morgan fingerprint density at radius 1 is 1.17 bits per heavy atom. The second-order valence-corrected chi connectivity index (χ2v) is 4.15. The molecule has 2 atom stereocenters. The van der Waals surface area contributed by atoms with Gasteiger partial charge in [-0.15, -0.1) is 0 Å². The predicted octanol–water partition coefficient (Wildman–Crippen LogP) is -7.92. The Labute approximate surface area is 138 Å². The molecule has 0 radical (unpaired) electrons. The summed E-state index contributed by atoms with van der Waals surface area (Å²) in [5.74, 6) is 0. The van der Waals surface area contributed by atoms with Gasteiger partial charge < -0.3 is 37.2 Å². The van der Waals surface area contributed by atoms with Crippen molar-refractivity contribution in [2.24, 2.45) is 0 Å². The molecule has 1 heterocycles. The molecular weight excluding hydrogens is 334 g/mol. The first-order valence-corrected chi connectivity index (χ1v) is 6.36. The van der Waals surface area contributed by atoms with Gasteiger partial charge in [0.2, 0.25) is 0 Å². The Kier molecular flexibility index (Phi) is 30.3. The number of nitrogens with zero attached hydrogens (tertiary/aromatic N) is 1. The molecule has 1 aliphatic rings. The van der Waals surface area contributed by atoms with E-state index < -0.39 is 0 Å². The fraction of sp³-hybridized carbons (Fsp3) is 0.900. The van der Waals surface area contributed by atoms with Crippen LogP contribution in [0.3, 0.4) is 0 Å². The van der Waals surface area contributed by atoms with Gasteiger partial charge in [0.15, 0.2) is 0 Å². The molecule has 18 heavy (non-hydrogen) atoms. The van der Waals surface area contributed by atoms with Crippen LogP contribution in [0.2, 0.25) is 5.28 Å². The van der Waals surface area contributed by atoms with Crippen LogP contribution >= 0.6 is 0 Å². The summed E-state index contributed by atoms with van der Waals surface area (Å²) in [6.07, 6.45) is 3.27. The van der Waals surface area contributed by atoms with Crippen molar-refractivity contribution < 1.29 is 53.5 Å². The maximum Gasteiger partial charge on any atom is -1.00 e. The van der Waals surface area contributed by atoms with Crippen LogP contribution in [0.4, 0.5) is 0 Å². The zero-order chi connectivity index (χ0) is 11.5. The van der Waals surface area contributed by atoms with E-state index in [0.29, 0.717) is 18.8 Å². The van der Waals surface area contributed by atoms with Crippen LogP contribution < -0.4 is 53.2 Å². The van der Waals surface area contributed by atoms with Gasteiger partial charge in [0.05, 0.1) is 18.4 Å². The number of halogens is 3. The van der Waals surface area contributed by atoms with Gasteiger partial charge in [-0.1, -0.05) is 6.92 Å². The minimum Gasteiger partial charge on any atom is -1.00 e. The van der Waals surface area contributed by atoms with Crippen molar-refractivity contribution in [2.75, 3.05) is 6.67 Å². The van der Waals surface area contributed by atoms with Gasteiger partial charge in [-0.25, -0.2) is 0 Å². The second kappa shape index (κ2) is 20.1. The minimum absolute atomic E-state index is 0. The maximum absolute atomic E-state index is 8.40. The van der Waals surface area contributed by atoms with E-state index in [2.05, 4.69) is 52.2 Å². The molecule has 0 aromatic rings. The maximum atomic E-state index is 8.40. The molecule has 0 amide bonds. The average Bonchev–Trinajstić information content (AvgIpc) is 2.28. The summed E-state index contributed by atoms with van der Waals surface area (Å²) in [6, 6.07) is 2.15. The first kappa shape index (κ1) is 27.2.